The summed E-state index contributed by atoms with van der Waals surface area (Å²) in [4.78, 5) is 12.7. The molecule has 0 aliphatic rings. The fourth-order valence-corrected chi connectivity index (χ4v) is 2.68. The van der Waals surface area contributed by atoms with Gasteiger partial charge in [-0.1, -0.05) is 6.07 Å². The van der Waals surface area contributed by atoms with Crippen LogP contribution in [-0.4, -0.2) is 27.4 Å². The third-order valence-electron chi connectivity index (χ3n) is 4.02. The quantitative estimate of drug-likeness (QED) is 0.776. The van der Waals surface area contributed by atoms with Crippen molar-refractivity contribution in [1.82, 2.24) is 19.7 Å². The highest BCUT2D eigenvalue weighted by atomic mass is 19.1. The minimum absolute atomic E-state index is 0.171. The maximum absolute atomic E-state index is 13.9. The molecule has 25 heavy (non-hydrogen) atoms. The Morgan fingerprint density at radius 2 is 2.04 bits per heavy atom. The highest BCUT2D eigenvalue weighted by molar-refractivity contribution is 5.97. The molecular weight excluding hydrogens is 323 g/mol. The van der Waals surface area contributed by atoms with Crippen molar-refractivity contribution in [1.29, 1.82) is 0 Å². The predicted molar refractivity (Wildman–Crippen MR) is 91.4 cm³/mol. The first-order valence-corrected chi connectivity index (χ1v) is 7.81. The number of methoxy groups -OCH3 is 1. The molecule has 0 aliphatic carbocycles. The van der Waals surface area contributed by atoms with Crippen LogP contribution in [0.15, 0.2) is 48.9 Å². The van der Waals surface area contributed by atoms with E-state index in [2.05, 4.69) is 10.4 Å². The Balaban J connectivity index is 1.82. The lowest BCUT2D eigenvalue weighted by atomic mass is 10.1. The first-order chi connectivity index (χ1) is 12.0. The lowest BCUT2D eigenvalue weighted by molar-refractivity contribution is 0.0939. The lowest BCUT2D eigenvalue weighted by Gasteiger charge is -2.15. The van der Waals surface area contributed by atoms with Crippen LogP contribution in [0.5, 0.6) is 5.75 Å². The summed E-state index contributed by atoms with van der Waals surface area (Å²) in [6.45, 7) is 1.80. The topological polar surface area (TPSA) is 61.1 Å². The molecule has 1 aromatic carbocycles. The van der Waals surface area contributed by atoms with E-state index in [9.17, 15) is 9.18 Å². The summed E-state index contributed by atoms with van der Waals surface area (Å²) in [6, 6.07) is 8.01. The van der Waals surface area contributed by atoms with Crippen molar-refractivity contribution >= 4 is 5.91 Å². The van der Waals surface area contributed by atoms with Crippen LogP contribution in [0, 0.1) is 5.82 Å². The number of nitrogens with one attached hydrogen (secondary N) is 1. The second-order valence-corrected chi connectivity index (χ2v) is 5.68. The molecule has 0 radical (unpaired) electrons. The molecule has 0 spiro atoms. The summed E-state index contributed by atoms with van der Waals surface area (Å²) in [5, 5.41) is 7.05. The molecule has 0 saturated carbocycles. The summed E-state index contributed by atoms with van der Waals surface area (Å²) in [5.74, 6) is 0.0936. The van der Waals surface area contributed by atoms with E-state index in [1.807, 2.05) is 29.1 Å². The Labute approximate surface area is 144 Å². The lowest BCUT2D eigenvalue weighted by Crippen LogP contribution is -2.27. The van der Waals surface area contributed by atoms with Crippen LogP contribution < -0.4 is 10.1 Å². The van der Waals surface area contributed by atoms with Crippen molar-refractivity contribution in [2.75, 3.05) is 7.11 Å². The smallest absolute Gasteiger partial charge is 0.257 e. The van der Waals surface area contributed by atoms with E-state index < -0.39 is 5.82 Å². The molecule has 1 unspecified atom stereocenters. The molecule has 0 aliphatic heterocycles. The number of rotatable bonds is 5. The number of benzene rings is 1. The molecule has 3 aromatic rings. The van der Waals surface area contributed by atoms with Crippen molar-refractivity contribution in [2.45, 2.75) is 13.0 Å². The Morgan fingerprint density at radius 1 is 1.32 bits per heavy atom. The van der Waals surface area contributed by atoms with Crippen LogP contribution in [0.2, 0.25) is 0 Å². The normalized spacial score (nSPS) is 12.0. The number of amides is 1. The number of nitrogens with zero attached hydrogens (tertiary/aromatic N) is 3. The fourth-order valence-electron chi connectivity index (χ4n) is 2.68. The van der Waals surface area contributed by atoms with Gasteiger partial charge in [0.15, 0.2) is 11.6 Å². The van der Waals surface area contributed by atoms with Gasteiger partial charge in [-0.25, -0.2) is 4.39 Å². The van der Waals surface area contributed by atoms with Gasteiger partial charge in [-0.3, -0.25) is 9.48 Å². The summed E-state index contributed by atoms with van der Waals surface area (Å²) < 4.78 is 22.2. The highest BCUT2D eigenvalue weighted by Gasteiger charge is 2.20. The van der Waals surface area contributed by atoms with E-state index in [0.29, 0.717) is 16.9 Å². The van der Waals surface area contributed by atoms with E-state index in [0.717, 1.165) is 0 Å². The minimum Gasteiger partial charge on any atom is -0.494 e. The van der Waals surface area contributed by atoms with Gasteiger partial charge < -0.3 is 14.6 Å². The molecule has 6 nitrogen and oxygen atoms in total. The van der Waals surface area contributed by atoms with Gasteiger partial charge in [-0.2, -0.15) is 5.10 Å². The van der Waals surface area contributed by atoms with E-state index in [1.165, 1.54) is 19.4 Å². The zero-order valence-electron chi connectivity index (χ0n) is 14.2. The maximum atomic E-state index is 13.9. The Bertz CT molecular complexity index is 887. The monoisotopic (exact) mass is 342 g/mol. The molecule has 2 aromatic heterocycles. The number of ether oxygens (including phenoxy) is 1. The number of carbonyl (C=O) groups excluding carboxylic acids is 1. The van der Waals surface area contributed by atoms with E-state index >= 15 is 0 Å². The first kappa shape index (κ1) is 16.8. The van der Waals surface area contributed by atoms with Crippen molar-refractivity contribution in [2.24, 2.45) is 7.05 Å². The van der Waals surface area contributed by atoms with Crippen molar-refractivity contribution in [3.8, 4) is 11.6 Å². The van der Waals surface area contributed by atoms with Crippen molar-refractivity contribution in [3.05, 3.63) is 65.9 Å². The number of hydrogen-bond acceptors (Lipinski definition) is 3. The highest BCUT2D eigenvalue weighted by Crippen LogP contribution is 2.22. The molecule has 1 N–H and O–H groups in total. The number of hydrogen-bond donors (Lipinski definition) is 1. The number of aromatic nitrogens is 3. The maximum Gasteiger partial charge on any atom is 0.257 e. The molecule has 1 atom stereocenters. The molecule has 0 fully saturated rings. The Kier molecular flexibility index (Phi) is 4.56. The van der Waals surface area contributed by atoms with Gasteiger partial charge in [0.25, 0.3) is 5.91 Å². The number of halogens is 1. The summed E-state index contributed by atoms with van der Waals surface area (Å²) >= 11 is 0. The average Bonchev–Trinajstić information content (AvgIpc) is 3.23. The van der Waals surface area contributed by atoms with Gasteiger partial charge >= 0.3 is 0 Å². The molecule has 130 valence electrons. The SMILES string of the molecule is COc1ccc(C(C)NC(=O)c2cnn(C)c2-n2cccc2)cc1F. The van der Waals surface area contributed by atoms with E-state index in [4.69, 9.17) is 4.74 Å². The molecule has 7 heteroatoms. The van der Waals surface area contributed by atoms with Gasteiger partial charge in [0.1, 0.15) is 11.4 Å². The predicted octanol–water partition coefficient (Wildman–Crippen LogP) is 2.85. The van der Waals surface area contributed by atoms with E-state index in [1.54, 1.807) is 30.8 Å². The van der Waals surface area contributed by atoms with Crippen LogP contribution in [0.25, 0.3) is 5.82 Å². The van der Waals surface area contributed by atoms with Crippen molar-refractivity contribution < 1.29 is 13.9 Å². The third-order valence-corrected chi connectivity index (χ3v) is 4.02. The Hall–Kier alpha value is -3.09. The summed E-state index contributed by atoms with van der Waals surface area (Å²) in [6.07, 6.45) is 5.21. The van der Waals surface area contributed by atoms with Crippen LogP contribution in [0.4, 0.5) is 4.39 Å². The molecule has 2 heterocycles. The zero-order valence-corrected chi connectivity index (χ0v) is 14.2. The zero-order chi connectivity index (χ0) is 18.0. The van der Waals surface area contributed by atoms with Crippen LogP contribution in [0.3, 0.4) is 0 Å². The second-order valence-electron chi connectivity index (χ2n) is 5.68. The molecule has 3 rings (SSSR count). The number of aryl methyl sites for hydroxylation is 1. The molecule has 0 bridgehead atoms. The summed E-state index contributed by atoms with van der Waals surface area (Å²) in [5.41, 5.74) is 1.09. The van der Waals surface area contributed by atoms with Gasteiger partial charge in [0.05, 0.1) is 19.3 Å². The van der Waals surface area contributed by atoms with Crippen molar-refractivity contribution in [3.63, 3.8) is 0 Å². The van der Waals surface area contributed by atoms with Crippen LogP contribution in [0.1, 0.15) is 28.9 Å². The van der Waals surface area contributed by atoms with Gasteiger partial charge in [0.2, 0.25) is 0 Å². The largest absolute Gasteiger partial charge is 0.494 e. The molecule has 0 saturated heterocycles. The van der Waals surface area contributed by atoms with E-state index in [-0.39, 0.29) is 17.7 Å². The standard InChI is InChI=1S/C18H19FN4O2/c1-12(13-6-7-16(25-3)15(19)10-13)21-17(24)14-11-20-22(2)18(14)23-8-4-5-9-23/h4-12H,1-3H3,(H,21,24). The van der Waals surface area contributed by atoms with Gasteiger partial charge in [-0.05, 0) is 36.8 Å². The average molecular weight is 342 g/mol. The third kappa shape index (κ3) is 3.26. The fraction of sp³-hybridized carbons (Fsp3) is 0.222. The van der Waals surface area contributed by atoms with Crippen LogP contribution in [-0.2, 0) is 7.05 Å². The molecular formula is C18H19FN4O2. The minimum atomic E-state index is -0.462. The first-order valence-electron chi connectivity index (χ1n) is 7.81. The van der Waals surface area contributed by atoms with Crippen LogP contribution >= 0.6 is 0 Å². The number of carbonyl (C=O) groups is 1. The van der Waals surface area contributed by atoms with Gasteiger partial charge in [-0.15, -0.1) is 0 Å². The second kappa shape index (κ2) is 6.80. The van der Waals surface area contributed by atoms with Gasteiger partial charge in [0, 0.05) is 19.4 Å². The Morgan fingerprint density at radius 3 is 2.68 bits per heavy atom. The molecule has 1 amide bonds. The summed E-state index contributed by atoms with van der Waals surface area (Å²) in [7, 11) is 3.18.